The number of hydrogen-bond acceptors (Lipinski definition) is 1. The highest BCUT2D eigenvalue weighted by atomic mass is 79.9. The zero-order valence-electron chi connectivity index (χ0n) is 8.41. The summed E-state index contributed by atoms with van der Waals surface area (Å²) in [5.74, 6) is 0.216. The minimum Gasteiger partial charge on any atom is -0.348 e. The van der Waals surface area contributed by atoms with Crippen molar-refractivity contribution in [3.8, 4) is 0 Å². The van der Waals surface area contributed by atoms with E-state index in [0.717, 1.165) is 0 Å². The lowest BCUT2D eigenvalue weighted by molar-refractivity contribution is -0.117. The van der Waals surface area contributed by atoms with E-state index in [9.17, 15) is 4.79 Å². The molecule has 3 heteroatoms. The lowest BCUT2D eigenvalue weighted by Gasteiger charge is -2.27. The molecule has 1 aromatic carbocycles. The molecule has 1 amide bonds. The molecule has 0 fully saturated rings. The standard InChI is InChI=1S/C12H12BrNO/c1-8-10(7-11(13)12(15)14-8)9-5-3-2-4-6-9/h2-8,10H,1H3,(H,14,15). The number of nitrogens with one attached hydrogen (secondary N) is 1. The second kappa shape index (κ2) is 4.19. The van der Waals surface area contributed by atoms with E-state index in [2.05, 4.69) is 33.4 Å². The molecule has 0 saturated carbocycles. The molecular formula is C12H12BrNO. The van der Waals surface area contributed by atoms with Crippen molar-refractivity contribution in [1.29, 1.82) is 0 Å². The maximum atomic E-state index is 11.4. The summed E-state index contributed by atoms with van der Waals surface area (Å²) >= 11 is 3.27. The Morgan fingerprint density at radius 2 is 1.93 bits per heavy atom. The SMILES string of the molecule is CC1NC(=O)C(Br)=CC1c1ccccc1. The van der Waals surface area contributed by atoms with Crippen LogP contribution in [0.1, 0.15) is 18.4 Å². The molecule has 1 N–H and O–H groups in total. The van der Waals surface area contributed by atoms with Crippen molar-refractivity contribution in [2.45, 2.75) is 18.9 Å². The van der Waals surface area contributed by atoms with Gasteiger partial charge in [0.2, 0.25) is 0 Å². The minimum absolute atomic E-state index is 0.0327. The fourth-order valence-electron chi connectivity index (χ4n) is 1.80. The fraction of sp³-hybridized carbons (Fsp3) is 0.250. The molecule has 2 rings (SSSR count). The van der Waals surface area contributed by atoms with Crippen molar-refractivity contribution in [2.75, 3.05) is 0 Å². The van der Waals surface area contributed by atoms with Gasteiger partial charge in [0.05, 0.1) is 4.48 Å². The molecule has 1 heterocycles. The number of carbonyl (C=O) groups is 1. The van der Waals surface area contributed by atoms with Crippen LogP contribution in [0.25, 0.3) is 0 Å². The number of halogens is 1. The summed E-state index contributed by atoms with van der Waals surface area (Å²) in [4.78, 5) is 11.4. The normalized spacial score (nSPS) is 25.7. The van der Waals surface area contributed by atoms with Crippen molar-refractivity contribution < 1.29 is 4.79 Å². The molecule has 15 heavy (non-hydrogen) atoms. The molecule has 0 aromatic heterocycles. The summed E-state index contributed by atoms with van der Waals surface area (Å²) < 4.78 is 0.620. The molecule has 0 saturated heterocycles. The Kier molecular flexibility index (Phi) is 2.91. The van der Waals surface area contributed by atoms with E-state index in [1.165, 1.54) is 5.56 Å². The van der Waals surface area contributed by atoms with E-state index in [4.69, 9.17) is 0 Å². The highest BCUT2D eigenvalue weighted by Crippen LogP contribution is 2.27. The van der Waals surface area contributed by atoms with Crippen molar-refractivity contribution in [3.63, 3.8) is 0 Å². The Labute approximate surface area is 97.5 Å². The van der Waals surface area contributed by atoms with Gasteiger partial charge in [0.15, 0.2) is 0 Å². The summed E-state index contributed by atoms with van der Waals surface area (Å²) in [6, 6.07) is 10.3. The third-order valence-electron chi connectivity index (χ3n) is 2.62. The zero-order chi connectivity index (χ0) is 10.8. The molecule has 0 spiro atoms. The Hall–Kier alpha value is -1.09. The Bertz CT molecular complexity index is 399. The molecule has 1 aromatic rings. The van der Waals surface area contributed by atoms with E-state index in [1.54, 1.807) is 0 Å². The molecule has 0 bridgehead atoms. The van der Waals surface area contributed by atoms with Crippen LogP contribution in [-0.4, -0.2) is 11.9 Å². The van der Waals surface area contributed by atoms with Crippen molar-refractivity contribution >= 4 is 21.8 Å². The van der Waals surface area contributed by atoms with E-state index < -0.39 is 0 Å². The van der Waals surface area contributed by atoms with Gasteiger partial charge >= 0.3 is 0 Å². The highest BCUT2D eigenvalue weighted by Gasteiger charge is 2.25. The maximum Gasteiger partial charge on any atom is 0.258 e. The molecule has 0 radical (unpaired) electrons. The average molecular weight is 266 g/mol. The lowest BCUT2D eigenvalue weighted by atomic mass is 9.90. The van der Waals surface area contributed by atoms with Crippen LogP contribution in [0.4, 0.5) is 0 Å². The van der Waals surface area contributed by atoms with Gasteiger partial charge in [0.25, 0.3) is 5.91 Å². The van der Waals surface area contributed by atoms with Crippen LogP contribution in [0.2, 0.25) is 0 Å². The predicted octanol–water partition coefficient (Wildman–Crippen LogP) is 2.57. The summed E-state index contributed by atoms with van der Waals surface area (Å²) in [5, 5.41) is 2.92. The summed E-state index contributed by atoms with van der Waals surface area (Å²) in [5.41, 5.74) is 1.22. The van der Waals surface area contributed by atoms with Gasteiger partial charge in [0.1, 0.15) is 0 Å². The third-order valence-corrected chi connectivity index (χ3v) is 3.25. The Morgan fingerprint density at radius 1 is 1.27 bits per heavy atom. The van der Waals surface area contributed by atoms with E-state index >= 15 is 0 Å². The molecule has 2 nitrogen and oxygen atoms in total. The van der Waals surface area contributed by atoms with Gasteiger partial charge in [-0.2, -0.15) is 0 Å². The first kappa shape index (κ1) is 10.4. The van der Waals surface area contributed by atoms with Gasteiger partial charge in [-0.15, -0.1) is 0 Å². The molecule has 0 aliphatic carbocycles. The largest absolute Gasteiger partial charge is 0.348 e. The number of carbonyl (C=O) groups excluding carboxylic acids is 1. The number of amides is 1. The van der Waals surface area contributed by atoms with E-state index in [0.29, 0.717) is 4.48 Å². The topological polar surface area (TPSA) is 29.1 Å². The van der Waals surface area contributed by atoms with Crippen LogP contribution >= 0.6 is 15.9 Å². The molecule has 1 aliphatic heterocycles. The van der Waals surface area contributed by atoms with Gasteiger partial charge in [-0.25, -0.2) is 0 Å². The average Bonchev–Trinajstić information content (AvgIpc) is 2.25. The van der Waals surface area contributed by atoms with Gasteiger partial charge in [0, 0.05) is 12.0 Å². The van der Waals surface area contributed by atoms with Gasteiger partial charge in [-0.1, -0.05) is 36.4 Å². The van der Waals surface area contributed by atoms with Crippen LogP contribution in [0.5, 0.6) is 0 Å². The van der Waals surface area contributed by atoms with Crippen LogP contribution < -0.4 is 5.32 Å². The Morgan fingerprint density at radius 3 is 2.60 bits per heavy atom. The monoisotopic (exact) mass is 265 g/mol. The smallest absolute Gasteiger partial charge is 0.258 e. The second-order valence-corrected chi connectivity index (χ2v) is 4.57. The van der Waals surface area contributed by atoms with Crippen molar-refractivity contribution in [2.24, 2.45) is 0 Å². The fourth-order valence-corrected chi connectivity index (χ4v) is 2.20. The first-order chi connectivity index (χ1) is 7.18. The highest BCUT2D eigenvalue weighted by molar-refractivity contribution is 9.12. The van der Waals surface area contributed by atoms with Crippen LogP contribution in [0.3, 0.4) is 0 Å². The van der Waals surface area contributed by atoms with Gasteiger partial charge in [-0.3, -0.25) is 4.79 Å². The van der Waals surface area contributed by atoms with Crippen molar-refractivity contribution in [1.82, 2.24) is 5.32 Å². The molecule has 1 aliphatic rings. The summed E-state index contributed by atoms with van der Waals surface area (Å²) in [7, 11) is 0. The van der Waals surface area contributed by atoms with Gasteiger partial charge < -0.3 is 5.32 Å². The third kappa shape index (κ3) is 2.12. The number of benzene rings is 1. The molecule has 78 valence electrons. The van der Waals surface area contributed by atoms with Crippen LogP contribution in [0.15, 0.2) is 40.9 Å². The Balaban J connectivity index is 2.34. The maximum absolute atomic E-state index is 11.4. The van der Waals surface area contributed by atoms with E-state index in [-0.39, 0.29) is 17.9 Å². The van der Waals surface area contributed by atoms with E-state index in [1.807, 2.05) is 31.2 Å². The number of rotatable bonds is 1. The predicted molar refractivity (Wildman–Crippen MR) is 63.8 cm³/mol. The quantitative estimate of drug-likeness (QED) is 0.831. The summed E-state index contributed by atoms with van der Waals surface area (Å²) in [6.45, 7) is 2.02. The lowest BCUT2D eigenvalue weighted by Crippen LogP contribution is -2.40. The minimum atomic E-state index is -0.0327. The van der Waals surface area contributed by atoms with Gasteiger partial charge in [-0.05, 0) is 28.4 Å². The first-order valence-electron chi connectivity index (χ1n) is 4.91. The first-order valence-corrected chi connectivity index (χ1v) is 5.71. The van der Waals surface area contributed by atoms with Crippen LogP contribution in [-0.2, 0) is 4.79 Å². The zero-order valence-corrected chi connectivity index (χ0v) is 9.99. The van der Waals surface area contributed by atoms with Crippen molar-refractivity contribution in [3.05, 3.63) is 46.5 Å². The molecular weight excluding hydrogens is 254 g/mol. The summed E-state index contributed by atoms with van der Waals surface area (Å²) in [6.07, 6.45) is 1.97. The second-order valence-electron chi connectivity index (χ2n) is 3.71. The molecule has 2 atom stereocenters. The van der Waals surface area contributed by atoms with Crippen LogP contribution in [0, 0.1) is 0 Å². The molecule has 2 unspecified atom stereocenters. The number of hydrogen-bond donors (Lipinski definition) is 1.